The molecule has 0 bridgehead atoms. The largest absolute Gasteiger partial charge is 0.507 e. The average molecular weight is 358 g/mol. The topological polar surface area (TPSA) is 110 Å². The van der Waals surface area contributed by atoms with Crippen molar-refractivity contribution in [3.63, 3.8) is 0 Å². The molecule has 0 unspecified atom stereocenters. The van der Waals surface area contributed by atoms with Gasteiger partial charge in [-0.2, -0.15) is 0 Å². The number of hydrogen-bond donors (Lipinski definition) is 2. The molecule has 1 aromatic carbocycles. The third-order valence-electron chi connectivity index (χ3n) is 5.04. The van der Waals surface area contributed by atoms with E-state index in [0.29, 0.717) is 0 Å². The fourth-order valence-corrected chi connectivity index (χ4v) is 3.44. The van der Waals surface area contributed by atoms with Crippen molar-refractivity contribution in [3.8, 4) is 17.2 Å². The van der Waals surface area contributed by atoms with E-state index in [4.69, 9.17) is 9.47 Å². The lowest BCUT2D eigenvalue weighted by atomic mass is 9.70. The number of allylic oxidation sites excluding steroid dienone is 4. The summed E-state index contributed by atoms with van der Waals surface area (Å²) in [7, 11) is 1.34. The van der Waals surface area contributed by atoms with Crippen LogP contribution in [0.5, 0.6) is 17.2 Å². The number of carbonyl (C=O) groups excluding carboxylic acids is 3. The van der Waals surface area contributed by atoms with Gasteiger partial charge in [0.2, 0.25) is 0 Å². The van der Waals surface area contributed by atoms with Crippen molar-refractivity contribution >= 4 is 17.3 Å². The Labute approximate surface area is 149 Å². The average Bonchev–Trinajstić information content (AvgIpc) is 2.86. The van der Waals surface area contributed by atoms with Crippen molar-refractivity contribution in [3.05, 3.63) is 39.9 Å². The zero-order valence-corrected chi connectivity index (χ0v) is 15.0. The third kappa shape index (κ3) is 1.97. The molecule has 0 fully saturated rings. The molecule has 3 rings (SSSR count). The first-order chi connectivity index (χ1) is 12.1. The molecular weight excluding hydrogens is 340 g/mol. The number of phenolic OH excluding ortho intramolecular Hbond substituents is 2. The number of rotatable bonds is 2. The molecule has 0 saturated carbocycles. The molecule has 0 amide bonds. The minimum Gasteiger partial charge on any atom is -0.507 e. The van der Waals surface area contributed by atoms with Crippen molar-refractivity contribution in [1.29, 1.82) is 0 Å². The van der Waals surface area contributed by atoms with Gasteiger partial charge in [-0.25, -0.2) is 0 Å². The van der Waals surface area contributed by atoms with Crippen LogP contribution in [0.4, 0.5) is 0 Å². The molecule has 1 heterocycles. The standard InChI is InChI=1S/C19H18O7/c1-7-15(22)12(8(2)20)17-14(16(7)23)19(4)11(26-17)6-10(21)13(18(19)24)9(3)25-5/h6,22-23H,1-5H3/b13-9-/t19-/m0/s1. The Morgan fingerprint density at radius 3 is 2.35 bits per heavy atom. The first-order valence-electron chi connectivity index (χ1n) is 7.91. The van der Waals surface area contributed by atoms with E-state index in [0.717, 1.165) is 6.08 Å². The Morgan fingerprint density at radius 2 is 1.81 bits per heavy atom. The van der Waals surface area contributed by atoms with Gasteiger partial charge in [0.15, 0.2) is 17.3 Å². The highest BCUT2D eigenvalue weighted by atomic mass is 16.5. The van der Waals surface area contributed by atoms with Gasteiger partial charge in [0.1, 0.15) is 45.3 Å². The Balaban J connectivity index is 2.43. The van der Waals surface area contributed by atoms with Gasteiger partial charge in [0.05, 0.1) is 12.7 Å². The SMILES string of the molecule is CO/C(C)=C1/C(=O)C=C2Oc3c(C(C)=O)c(O)c(C)c(O)c3[C@@]2(C)C1=O. The molecule has 0 spiro atoms. The summed E-state index contributed by atoms with van der Waals surface area (Å²) in [4.78, 5) is 37.6. The molecule has 1 aliphatic heterocycles. The smallest absolute Gasteiger partial charge is 0.196 e. The molecule has 0 saturated heterocycles. The summed E-state index contributed by atoms with van der Waals surface area (Å²) in [6.07, 6.45) is 1.15. The number of hydrogen-bond acceptors (Lipinski definition) is 7. The van der Waals surface area contributed by atoms with Crippen LogP contribution in [0.15, 0.2) is 23.2 Å². The zero-order chi connectivity index (χ0) is 19.5. The molecule has 2 N–H and O–H groups in total. The summed E-state index contributed by atoms with van der Waals surface area (Å²) in [6.45, 7) is 5.66. The number of ether oxygens (including phenoxy) is 2. The van der Waals surface area contributed by atoms with Crippen LogP contribution in [-0.4, -0.2) is 34.7 Å². The number of Topliss-reactive ketones (excluding diaryl/α,β-unsaturated/α-hetero) is 2. The summed E-state index contributed by atoms with van der Waals surface area (Å²) >= 11 is 0. The lowest BCUT2D eigenvalue weighted by molar-refractivity contribution is -0.124. The van der Waals surface area contributed by atoms with Gasteiger partial charge in [-0.15, -0.1) is 0 Å². The second-order valence-corrected chi connectivity index (χ2v) is 6.52. The Kier molecular flexibility index (Phi) is 3.72. The molecule has 7 heteroatoms. The quantitative estimate of drug-likeness (QED) is 0.361. The monoisotopic (exact) mass is 358 g/mol. The second kappa shape index (κ2) is 5.45. The van der Waals surface area contributed by atoms with Crippen molar-refractivity contribution in [2.45, 2.75) is 33.1 Å². The third-order valence-corrected chi connectivity index (χ3v) is 5.04. The number of ketones is 3. The second-order valence-electron chi connectivity index (χ2n) is 6.52. The van der Waals surface area contributed by atoms with Gasteiger partial charge in [-0.3, -0.25) is 14.4 Å². The fraction of sp³-hybridized carbons (Fsp3) is 0.316. The minimum atomic E-state index is -1.51. The van der Waals surface area contributed by atoms with Crippen molar-refractivity contribution in [2.75, 3.05) is 7.11 Å². The fourth-order valence-electron chi connectivity index (χ4n) is 3.44. The molecule has 7 nitrogen and oxygen atoms in total. The highest BCUT2D eigenvalue weighted by Gasteiger charge is 2.56. The predicted octanol–water partition coefficient (Wildman–Crippen LogP) is 2.22. The lowest BCUT2D eigenvalue weighted by Gasteiger charge is -2.28. The first-order valence-corrected chi connectivity index (χ1v) is 7.91. The van der Waals surface area contributed by atoms with Gasteiger partial charge < -0.3 is 19.7 Å². The maximum Gasteiger partial charge on any atom is 0.196 e. The van der Waals surface area contributed by atoms with E-state index in [1.807, 2.05) is 0 Å². The lowest BCUT2D eigenvalue weighted by Crippen LogP contribution is -2.40. The molecule has 136 valence electrons. The van der Waals surface area contributed by atoms with Crippen LogP contribution in [0.25, 0.3) is 0 Å². The Bertz CT molecular complexity index is 965. The van der Waals surface area contributed by atoms with Crippen LogP contribution in [-0.2, 0) is 19.7 Å². The van der Waals surface area contributed by atoms with Crippen LogP contribution >= 0.6 is 0 Å². The van der Waals surface area contributed by atoms with Gasteiger partial charge >= 0.3 is 0 Å². The molecule has 0 aromatic heterocycles. The Morgan fingerprint density at radius 1 is 1.19 bits per heavy atom. The van der Waals surface area contributed by atoms with Gasteiger partial charge in [0, 0.05) is 11.6 Å². The molecule has 1 aromatic rings. The minimum absolute atomic E-state index is 0.00190. The highest BCUT2D eigenvalue weighted by Crippen LogP contribution is 2.57. The van der Waals surface area contributed by atoms with E-state index in [1.54, 1.807) is 0 Å². The number of carbonyl (C=O) groups is 3. The van der Waals surface area contributed by atoms with Gasteiger partial charge in [0.25, 0.3) is 0 Å². The molecular formula is C19H18O7. The van der Waals surface area contributed by atoms with Crippen molar-refractivity contribution in [1.82, 2.24) is 0 Å². The summed E-state index contributed by atoms with van der Waals surface area (Å²) in [5.41, 5.74) is -1.68. The number of aromatic hydroxyl groups is 2. The van der Waals surface area contributed by atoms with Crippen LogP contribution in [0.2, 0.25) is 0 Å². The normalized spacial score (nSPS) is 23.0. The molecule has 26 heavy (non-hydrogen) atoms. The van der Waals surface area contributed by atoms with Crippen molar-refractivity contribution < 1.29 is 34.1 Å². The predicted molar refractivity (Wildman–Crippen MR) is 90.3 cm³/mol. The zero-order valence-electron chi connectivity index (χ0n) is 15.0. The molecule has 0 radical (unpaired) electrons. The maximum absolute atomic E-state index is 13.2. The number of fused-ring (bicyclic) bond motifs is 3. The number of benzene rings is 1. The van der Waals surface area contributed by atoms with E-state index in [2.05, 4.69) is 0 Å². The molecule has 1 aliphatic carbocycles. The Hall–Kier alpha value is -3.09. The summed E-state index contributed by atoms with van der Waals surface area (Å²) in [5.74, 6) is -2.42. The van der Waals surface area contributed by atoms with Crippen LogP contribution < -0.4 is 4.74 Å². The van der Waals surface area contributed by atoms with Crippen LogP contribution in [0, 0.1) is 6.92 Å². The molecule has 1 atom stereocenters. The van der Waals surface area contributed by atoms with E-state index >= 15 is 0 Å². The van der Waals surface area contributed by atoms with Crippen LogP contribution in [0.3, 0.4) is 0 Å². The number of phenols is 2. The van der Waals surface area contributed by atoms with Crippen molar-refractivity contribution in [2.24, 2.45) is 0 Å². The van der Waals surface area contributed by atoms with E-state index < -0.39 is 28.5 Å². The van der Waals surface area contributed by atoms with Gasteiger partial charge in [-0.05, 0) is 27.7 Å². The van der Waals surface area contributed by atoms with E-state index in [-0.39, 0.29) is 45.3 Å². The molecule has 2 aliphatic rings. The van der Waals surface area contributed by atoms with E-state index in [9.17, 15) is 24.6 Å². The van der Waals surface area contributed by atoms with Gasteiger partial charge in [-0.1, -0.05) is 0 Å². The highest BCUT2D eigenvalue weighted by molar-refractivity contribution is 6.31. The summed E-state index contributed by atoms with van der Waals surface area (Å²) in [5, 5.41) is 20.9. The number of methoxy groups -OCH3 is 1. The summed E-state index contributed by atoms with van der Waals surface area (Å²) < 4.78 is 10.7. The first kappa shape index (κ1) is 17.7. The van der Waals surface area contributed by atoms with Crippen LogP contribution in [0.1, 0.15) is 42.3 Å². The summed E-state index contributed by atoms with van der Waals surface area (Å²) in [6, 6.07) is 0. The maximum atomic E-state index is 13.2. The van der Waals surface area contributed by atoms with E-state index in [1.165, 1.54) is 34.8 Å².